The Labute approximate surface area is 196 Å². The Balaban J connectivity index is 1.58. The smallest absolute Gasteiger partial charge is 0.254 e. The molecule has 1 saturated carbocycles. The fourth-order valence-electron chi connectivity index (χ4n) is 4.64. The molecule has 1 aromatic heterocycles. The van der Waals surface area contributed by atoms with Crippen molar-refractivity contribution in [1.29, 1.82) is 0 Å². The molecule has 1 unspecified atom stereocenters. The molecule has 5 rings (SSSR count). The summed E-state index contributed by atoms with van der Waals surface area (Å²) < 4.78 is 28.8. The van der Waals surface area contributed by atoms with Gasteiger partial charge in [0.05, 0.1) is 30.0 Å². The lowest BCUT2D eigenvalue weighted by Crippen LogP contribution is -2.36. The fourth-order valence-corrected chi connectivity index (χ4v) is 4.64. The number of rotatable bonds is 5. The van der Waals surface area contributed by atoms with Crippen molar-refractivity contribution in [2.24, 2.45) is 5.92 Å². The van der Waals surface area contributed by atoms with Crippen molar-refractivity contribution in [2.75, 3.05) is 4.90 Å². The number of nitrogens with one attached hydrogen (secondary N) is 1. The number of hydrogen-bond donors (Lipinski definition) is 1. The summed E-state index contributed by atoms with van der Waals surface area (Å²) in [5.41, 5.74) is 4.12. The minimum Gasteiger partial charge on any atom is -0.344 e. The Kier molecular flexibility index (Phi) is 5.48. The van der Waals surface area contributed by atoms with E-state index in [2.05, 4.69) is 10.3 Å². The first-order valence-corrected chi connectivity index (χ1v) is 11.1. The summed E-state index contributed by atoms with van der Waals surface area (Å²) in [5, 5.41) is 2.95. The summed E-state index contributed by atoms with van der Waals surface area (Å²) in [5.74, 6) is -1.67. The molecule has 1 N–H and O–H groups in total. The highest BCUT2D eigenvalue weighted by Gasteiger charge is 2.44. The van der Waals surface area contributed by atoms with Crippen molar-refractivity contribution < 1.29 is 18.4 Å². The first-order chi connectivity index (χ1) is 16.3. The summed E-state index contributed by atoms with van der Waals surface area (Å²) in [4.78, 5) is 31.8. The molecule has 0 bridgehead atoms. The highest BCUT2D eigenvalue weighted by Crippen LogP contribution is 2.40. The van der Waals surface area contributed by atoms with Crippen molar-refractivity contribution in [3.8, 4) is 0 Å². The van der Waals surface area contributed by atoms with Gasteiger partial charge >= 0.3 is 0 Å². The molecule has 3 aromatic rings. The number of aromatic nitrogens is 1. The zero-order chi connectivity index (χ0) is 24.0. The van der Waals surface area contributed by atoms with Crippen LogP contribution in [0.2, 0.25) is 0 Å². The summed E-state index contributed by atoms with van der Waals surface area (Å²) in [6.07, 6.45) is 3.70. The van der Waals surface area contributed by atoms with E-state index in [0.717, 1.165) is 11.3 Å². The molecule has 2 aromatic carbocycles. The largest absolute Gasteiger partial charge is 0.344 e. The maximum absolute atomic E-state index is 14.9. The number of anilines is 1. The number of fused-ring (bicyclic) bond motifs is 1. The normalized spacial score (nSPS) is 17.9. The van der Waals surface area contributed by atoms with Gasteiger partial charge in [-0.2, -0.15) is 0 Å². The quantitative estimate of drug-likeness (QED) is 0.592. The molecular weight excluding hydrogens is 436 g/mol. The predicted molar refractivity (Wildman–Crippen MR) is 125 cm³/mol. The third-order valence-electron chi connectivity index (χ3n) is 6.57. The van der Waals surface area contributed by atoms with Crippen molar-refractivity contribution in [3.05, 3.63) is 101 Å². The van der Waals surface area contributed by atoms with Crippen LogP contribution in [-0.4, -0.2) is 16.7 Å². The van der Waals surface area contributed by atoms with E-state index < -0.39 is 29.5 Å². The minimum absolute atomic E-state index is 0.0166. The van der Waals surface area contributed by atoms with Crippen LogP contribution in [0, 0.1) is 24.5 Å². The second kappa shape index (κ2) is 8.48. The number of Topliss-reactive ketones (excluding diaryl/α,β-unsaturated/α-hetero) is 1. The van der Waals surface area contributed by atoms with Crippen molar-refractivity contribution in [2.45, 2.75) is 32.9 Å². The van der Waals surface area contributed by atoms with Crippen LogP contribution in [0.3, 0.4) is 0 Å². The Hall–Kier alpha value is -3.87. The van der Waals surface area contributed by atoms with Gasteiger partial charge in [-0.1, -0.05) is 24.3 Å². The molecule has 1 fully saturated rings. The number of amides is 1. The number of pyridine rings is 1. The first kappa shape index (κ1) is 21.9. The van der Waals surface area contributed by atoms with Crippen LogP contribution in [0.5, 0.6) is 0 Å². The lowest BCUT2D eigenvalue weighted by Gasteiger charge is -2.34. The van der Waals surface area contributed by atoms with Crippen LogP contribution >= 0.6 is 0 Å². The molecule has 0 radical (unpaired) electrons. The average molecular weight is 459 g/mol. The molecular formula is C27H23F2N3O2. The lowest BCUT2D eigenvalue weighted by molar-refractivity contribution is -0.116. The number of benzene rings is 2. The third-order valence-corrected chi connectivity index (χ3v) is 6.57. The number of allylic oxidation sites excluding steroid dienone is 1. The SMILES string of the molecule is CC1=C(C(=O)N[C@H](c2cccc(F)c2)C2CC2=O)c2cccc(F)c2CN1c1cnccc1C. The van der Waals surface area contributed by atoms with E-state index in [1.165, 1.54) is 18.2 Å². The van der Waals surface area contributed by atoms with E-state index in [-0.39, 0.29) is 12.3 Å². The molecule has 34 heavy (non-hydrogen) atoms. The second-order valence-corrected chi connectivity index (χ2v) is 8.76. The third kappa shape index (κ3) is 3.87. The van der Waals surface area contributed by atoms with Gasteiger partial charge in [0.15, 0.2) is 0 Å². The van der Waals surface area contributed by atoms with Crippen LogP contribution in [0.15, 0.2) is 66.6 Å². The molecule has 1 amide bonds. The number of carbonyl (C=O) groups is 2. The summed E-state index contributed by atoms with van der Waals surface area (Å²) in [7, 11) is 0. The fraction of sp³-hybridized carbons (Fsp3) is 0.222. The van der Waals surface area contributed by atoms with Crippen LogP contribution in [0.1, 0.15) is 41.6 Å². The van der Waals surface area contributed by atoms with Gasteiger partial charge in [0.1, 0.15) is 17.4 Å². The van der Waals surface area contributed by atoms with E-state index in [1.54, 1.807) is 36.7 Å². The minimum atomic E-state index is -0.663. The highest BCUT2D eigenvalue weighted by molar-refractivity contribution is 6.22. The number of halogens is 2. The molecule has 2 heterocycles. The average Bonchev–Trinajstić information content (AvgIpc) is 3.54. The van der Waals surface area contributed by atoms with Crippen molar-refractivity contribution in [1.82, 2.24) is 10.3 Å². The molecule has 0 saturated heterocycles. The molecule has 7 heteroatoms. The molecule has 1 aliphatic heterocycles. The Morgan fingerprint density at radius 2 is 1.91 bits per heavy atom. The predicted octanol–water partition coefficient (Wildman–Crippen LogP) is 4.87. The second-order valence-electron chi connectivity index (χ2n) is 8.76. The summed E-state index contributed by atoms with van der Waals surface area (Å²) in [6.45, 7) is 4.00. The Morgan fingerprint density at radius 3 is 2.62 bits per heavy atom. The topological polar surface area (TPSA) is 62.3 Å². The van der Waals surface area contributed by atoms with Gasteiger partial charge in [-0.05, 0) is 54.8 Å². The molecule has 0 spiro atoms. The van der Waals surface area contributed by atoms with E-state index in [9.17, 15) is 18.4 Å². The number of ketones is 1. The van der Waals surface area contributed by atoms with Gasteiger partial charge in [0.2, 0.25) is 0 Å². The zero-order valence-corrected chi connectivity index (χ0v) is 18.8. The molecule has 1 aliphatic carbocycles. The number of nitrogens with zero attached hydrogens (tertiary/aromatic N) is 2. The van der Waals surface area contributed by atoms with Crippen LogP contribution in [0.4, 0.5) is 14.5 Å². The van der Waals surface area contributed by atoms with Gasteiger partial charge in [0, 0.05) is 29.8 Å². The lowest BCUT2D eigenvalue weighted by atomic mass is 9.91. The highest BCUT2D eigenvalue weighted by atomic mass is 19.1. The van der Waals surface area contributed by atoms with Gasteiger partial charge in [-0.25, -0.2) is 8.78 Å². The Bertz CT molecular complexity index is 1350. The van der Waals surface area contributed by atoms with Crippen LogP contribution in [0.25, 0.3) is 5.57 Å². The van der Waals surface area contributed by atoms with Gasteiger partial charge in [0.25, 0.3) is 5.91 Å². The zero-order valence-electron chi connectivity index (χ0n) is 18.8. The van der Waals surface area contributed by atoms with Gasteiger partial charge < -0.3 is 10.2 Å². The van der Waals surface area contributed by atoms with Crippen LogP contribution < -0.4 is 10.2 Å². The number of hydrogen-bond acceptors (Lipinski definition) is 4. The maximum atomic E-state index is 14.9. The number of aryl methyl sites for hydroxylation is 1. The van der Waals surface area contributed by atoms with Gasteiger partial charge in [-0.15, -0.1) is 0 Å². The Morgan fingerprint density at radius 1 is 1.15 bits per heavy atom. The van der Waals surface area contributed by atoms with E-state index in [0.29, 0.717) is 34.4 Å². The monoisotopic (exact) mass is 459 g/mol. The number of carbonyl (C=O) groups excluding carboxylic acids is 2. The van der Waals surface area contributed by atoms with E-state index >= 15 is 0 Å². The summed E-state index contributed by atoms with van der Waals surface area (Å²) in [6, 6.07) is 11.8. The maximum Gasteiger partial charge on any atom is 0.254 e. The van der Waals surface area contributed by atoms with Crippen molar-refractivity contribution in [3.63, 3.8) is 0 Å². The molecule has 172 valence electrons. The first-order valence-electron chi connectivity index (χ1n) is 11.1. The standard InChI is InChI=1S/C27H23F2N3O2/c1-15-9-10-30-13-23(15)32-14-21-19(7-4-8-22(21)29)25(16(32)2)27(34)31-26(20-12-24(20)33)17-5-3-6-18(28)11-17/h3-11,13,20,26H,12,14H2,1-2H3,(H,31,34)/t20?,26-/m1/s1. The molecule has 5 nitrogen and oxygen atoms in total. The molecule has 2 atom stereocenters. The van der Waals surface area contributed by atoms with Crippen molar-refractivity contribution >= 4 is 23.0 Å². The van der Waals surface area contributed by atoms with E-state index in [1.807, 2.05) is 24.8 Å². The molecule has 2 aliphatic rings. The van der Waals surface area contributed by atoms with Crippen LogP contribution in [-0.2, 0) is 16.1 Å². The van der Waals surface area contributed by atoms with Gasteiger partial charge in [-0.3, -0.25) is 14.6 Å². The van der Waals surface area contributed by atoms with E-state index in [4.69, 9.17) is 0 Å². The summed E-state index contributed by atoms with van der Waals surface area (Å²) >= 11 is 0.